The molecule has 0 aliphatic carbocycles. The third kappa shape index (κ3) is 2.74. The molecule has 0 amide bonds. The van der Waals surface area contributed by atoms with Gasteiger partial charge < -0.3 is 9.88 Å². The molecule has 3 rings (SSSR count). The number of rotatable bonds is 3. The molecular formula is C16H20ClN3. The molecule has 2 unspecified atom stereocenters. The van der Waals surface area contributed by atoms with Gasteiger partial charge in [-0.2, -0.15) is 0 Å². The molecule has 4 heteroatoms. The van der Waals surface area contributed by atoms with Crippen LogP contribution in [0, 0.1) is 0 Å². The highest BCUT2D eigenvalue weighted by molar-refractivity contribution is 6.30. The summed E-state index contributed by atoms with van der Waals surface area (Å²) in [6.45, 7) is 3.29. The summed E-state index contributed by atoms with van der Waals surface area (Å²) in [6.07, 6.45) is 7.66. The zero-order valence-corrected chi connectivity index (χ0v) is 12.5. The lowest BCUT2D eigenvalue weighted by Gasteiger charge is -2.26. The number of nitrogens with zero attached hydrogens (tertiary/aromatic N) is 2. The quantitative estimate of drug-likeness (QED) is 0.927. The van der Waals surface area contributed by atoms with Gasteiger partial charge in [0.15, 0.2) is 0 Å². The standard InChI is InChI=1S/C16H20ClN3/c1-12(13-5-4-6-14(17)9-13)20-11-18-10-16(20)15-7-2-3-8-19-15/h4-6,9-12,15,19H,2-3,7-8H2,1H3. The molecule has 1 fully saturated rings. The van der Waals surface area contributed by atoms with E-state index in [9.17, 15) is 0 Å². The van der Waals surface area contributed by atoms with Gasteiger partial charge in [-0.3, -0.25) is 0 Å². The number of imidazole rings is 1. The third-order valence-electron chi connectivity index (χ3n) is 4.11. The van der Waals surface area contributed by atoms with Gasteiger partial charge in [0.25, 0.3) is 0 Å². The summed E-state index contributed by atoms with van der Waals surface area (Å²) in [5.74, 6) is 0. The van der Waals surface area contributed by atoms with Gasteiger partial charge >= 0.3 is 0 Å². The van der Waals surface area contributed by atoms with Crippen molar-refractivity contribution >= 4 is 11.6 Å². The van der Waals surface area contributed by atoms with Crippen LogP contribution in [0.1, 0.15) is 49.5 Å². The maximum absolute atomic E-state index is 6.10. The highest BCUT2D eigenvalue weighted by Crippen LogP contribution is 2.28. The van der Waals surface area contributed by atoms with Crippen LogP contribution in [0.2, 0.25) is 5.02 Å². The maximum Gasteiger partial charge on any atom is 0.0954 e. The monoisotopic (exact) mass is 289 g/mol. The fourth-order valence-electron chi connectivity index (χ4n) is 2.94. The zero-order valence-electron chi connectivity index (χ0n) is 11.7. The van der Waals surface area contributed by atoms with Crippen LogP contribution in [0.3, 0.4) is 0 Å². The van der Waals surface area contributed by atoms with Crippen molar-refractivity contribution in [3.05, 3.63) is 53.1 Å². The lowest BCUT2D eigenvalue weighted by Crippen LogP contribution is -2.29. The van der Waals surface area contributed by atoms with Crippen LogP contribution in [-0.2, 0) is 0 Å². The Morgan fingerprint density at radius 1 is 1.40 bits per heavy atom. The molecule has 1 aliphatic rings. The van der Waals surface area contributed by atoms with Crippen LogP contribution in [0.25, 0.3) is 0 Å². The average Bonchev–Trinajstić information content (AvgIpc) is 2.97. The Morgan fingerprint density at radius 3 is 3.05 bits per heavy atom. The number of halogens is 1. The fraction of sp³-hybridized carbons (Fsp3) is 0.438. The molecule has 2 heterocycles. The Kier molecular flexibility index (Phi) is 4.08. The minimum absolute atomic E-state index is 0.245. The maximum atomic E-state index is 6.10. The van der Waals surface area contributed by atoms with Crippen LogP contribution >= 0.6 is 11.6 Å². The van der Waals surface area contributed by atoms with E-state index in [0.29, 0.717) is 6.04 Å². The van der Waals surface area contributed by atoms with Gasteiger partial charge in [0.05, 0.1) is 18.1 Å². The molecule has 2 aromatic rings. The van der Waals surface area contributed by atoms with Crippen molar-refractivity contribution in [3.63, 3.8) is 0 Å². The van der Waals surface area contributed by atoms with Crippen LogP contribution in [-0.4, -0.2) is 16.1 Å². The zero-order chi connectivity index (χ0) is 13.9. The largest absolute Gasteiger partial charge is 0.326 e. The van der Waals surface area contributed by atoms with Gasteiger partial charge in [-0.1, -0.05) is 30.2 Å². The molecule has 3 nitrogen and oxygen atoms in total. The van der Waals surface area contributed by atoms with E-state index in [1.807, 2.05) is 30.7 Å². The highest BCUT2D eigenvalue weighted by Gasteiger charge is 2.21. The van der Waals surface area contributed by atoms with Gasteiger partial charge in [-0.05, 0) is 44.0 Å². The molecule has 106 valence electrons. The number of hydrogen-bond donors (Lipinski definition) is 1. The third-order valence-corrected chi connectivity index (χ3v) is 4.35. The second kappa shape index (κ2) is 5.98. The van der Waals surface area contributed by atoms with Crippen molar-refractivity contribution in [2.45, 2.75) is 38.3 Å². The van der Waals surface area contributed by atoms with Crippen molar-refractivity contribution in [2.75, 3.05) is 6.54 Å². The molecule has 0 spiro atoms. The second-order valence-electron chi connectivity index (χ2n) is 5.46. The van der Waals surface area contributed by atoms with E-state index in [1.165, 1.54) is 30.5 Å². The van der Waals surface area contributed by atoms with E-state index in [0.717, 1.165) is 11.6 Å². The number of benzene rings is 1. The van der Waals surface area contributed by atoms with Gasteiger partial charge in [0, 0.05) is 17.3 Å². The summed E-state index contributed by atoms with van der Waals surface area (Å²) in [6, 6.07) is 8.74. The predicted octanol–water partition coefficient (Wildman–Crippen LogP) is 3.96. The minimum atomic E-state index is 0.245. The lowest BCUT2D eigenvalue weighted by molar-refractivity contribution is 0.389. The Balaban J connectivity index is 1.88. The predicted molar refractivity (Wildman–Crippen MR) is 82.1 cm³/mol. The van der Waals surface area contributed by atoms with E-state index in [2.05, 4.69) is 27.9 Å². The molecule has 20 heavy (non-hydrogen) atoms. The number of aromatic nitrogens is 2. The fourth-order valence-corrected chi connectivity index (χ4v) is 3.14. The van der Waals surface area contributed by atoms with Gasteiger partial charge in [0.2, 0.25) is 0 Å². The Hall–Kier alpha value is -1.32. The van der Waals surface area contributed by atoms with Crippen LogP contribution in [0.5, 0.6) is 0 Å². The molecule has 2 atom stereocenters. The van der Waals surface area contributed by atoms with Gasteiger partial charge in [-0.25, -0.2) is 4.98 Å². The first-order valence-corrected chi connectivity index (χ1v) is 7.64. The van der Waals surface area contributed by atoms with Crippen LogP contribution in [0.15, 0.2) is 36.8 Å². The van der Waals surface area contributed by atoms with Crippen molar-refractivity contribution in [2.24, 2.45) is 0 Å². The van der Waals surface area contributed by atoms with Crippen molar-refractivity contribution < 1.29 is 0 Å². The molecule has 0 radical (unpaired) electrons. The molecule has 1 aromatic carbocycles. The minimum Gasteiger partial charge on any atom is -0.326 e. The molecular weight excluding hydrogens is 270 g/mol. The summed E-state index contributed by atoms with van der Waals surface area (Å²) >= 11 is 6.10. The van der Waals surface area contributed by atoms with Gasteiger partial charge in [0.1, 0.15) is 0 Å². The molecule has 0 bridgehead atoms. The summed E-state index contributed by atoms with van der Waals surface area (Å²) in [5, 5.41) is 4.38. The molecule has 1 aromatic heterocycles. The summed E-state index contributed by atoms with van der Waals surface area (Å²) < 4.78 is 2.26. The molecule has 1 aliphatic heterocycles. The molecule has 0 saturated carbocycles. The average molecular weight is 290 g/mol. The Morgan fingerprint density at radius 2 is 2.30 bits per heavy atom. The molecule has 1 N–H and O–H groups in total. The van der Waals surface area contributed by atoms with E-state index in [-0.39, 0.29) is 6.04 Å². The van der Waals surface area contributed by atoms with E-state index < -0.39 is 0 Å². The molecule has 1 saturated heterocycles. The Bertz CT molecular complexity index is 573. The van der Waals surface area contributed by atoms with Crippen molar-refractivity contribution in [1.82, 2.24) is 14.9 Å². The number of nitrogens with one attached hydrogen (secondary N) is 1. The smallest absolute Gasteiger partial charge is 0.0954 e. The van der Waals surface area contributed by atoms with Crippen LogP contribution < -0.4 is 5.32 Å². The summed E-state index contributed by atoms with van der Waals surface area (Å²) in [4.78, 5) is 4.36. The number of hydrogen-bond acceptors (Lipinski definition) is 2. The van der Waals surface area contributed by atoms with Crippen molar-refractivity contribution in [1.29, 1.82) is 0 Å². The van der Waals surface area contributed by atoms with E-state index in [1.54, 1.807) is 0 Å². The van der Waals surface area contributed by atoms with Gasteiger partial charge in [-0.15, -0.1) is 0 Å². The normalized spacial score (nSPS) is 20.8. The topological polar surface area (TPSA) is 29.9 Å². The summed E-state index contributed by atoms with van der Waals surface area (Å²) in [7, 11) is 0. The van der Waals surface area contributed by atoms with E-state index in [4.69, 9.17) is 11.6 Å². The number of piperidine rings is 1. The van der Waals surface area contributed by atoms with Crippen LogP contribution in [0.4, 0.5) is 0 Å². The van der Waals surface area contributed by atoms with E-state index >= 15 is 0 Å². The Labute approximate surface area is 125 Å². The SMILES string of the molecule is CC(c1cccc(Cl)c1)n1cncc1C1CCCCN1. The highest BCUT2D eigenvalue weighted by atomic mass is 35.5. The first-order valence-electron chi connectivity index (χ1n) is 7.26. The lowest BCUT2D eigenvalue weighted by atomic mass is 10.0. The second-order valence-corrected chi connectivity index (χ2v) is 5.90. The summed E-state index contributed by atoms with van der Waals surface area (Å²) in [5.41, 5.74) is 2.49. The first-order chi connectivity index (χ1) is 9.75. The van der Waals surface area contributed by atoms with Crippen molar-refractivity contribution in [3.8, 4) is 0 Å². The first kappa shape index (κ1) is 13.7.